The summed E-state index contributed by atoms with van der Waals surface area (Å²) < 4.78 is 5.57. The smallest absolute Gasteiger partial charge is 0.407 e. The standard InChI is InChI=1S/C27H30N2O5/c1-16-10-11-24(26(31)32)29(14-16)25(30)22-12-17(22)13-28-27(33)34-15-23-20-8-4-2-6-18(20)19-7-3-5-9-21(19)23/h2-9,16-17,22-24H,10-15H2,1H3,(H,28,33)(H,31,32). The molecule has 2 fully saturated rings. The maximum absolute atomic E-state index is 12.9. The van der Waals surface area contributed by atoms with E-state index in [1.54, 1.807) is 0 Å². The van der Waals surface area contributed by atoms with Crippen molar-refractivity contribution in [3.05, 3.63) is 59.7 Å². The first-order chi connectivity index (χ1) is 16.4. The van der Waals surface area contributed by atoms with Crippen LogP contribution in [-0.4, -0.2) is 53.7 Å². The predicted molar refractivity (Wildman–Crippen MR) is 126 cm³/mol. The fourth-order valence-electron chi connectivity index (χ4n) is 5.51. The van der Waals surface area contributed by atoms with Crippen LogP contribution < -0.4 is 5.32 Å². The minimum Gasteiger partial charge on any atom is -0.480 e. The summed E-state index contributed by atoms with van der Waals surface area (Å²) >= 11 is 0. The van der Waals surface area contributed by atoms with Gasteiger partial charge in [0, 0.05) is 24.9 Å². The van der Waals surface area contributed by atoms with Crippen LogP contribution in [0.5, 0.6) is 0 Å². The summed E-state index contributed by atoms with van der Waals surface area (Å²) in [6, 6.07) is 15.6. The summed E-state index contributed by atoms with van der Waals surface area (Å²) in [4.78, 5) is 38.5. The van der Waals surface area contributed by atoms with Crippen molar-refractivity contribution in [3.63, 3.8) is 0 Å². The summed E-state index contributed by atoms with van der Waals surface area (Å²) in [5.41, 5.74) is 4.68. The van der Waals surface area contributed by atoms with Crippen LogP contribution >= 0.6 is 0 Å². The molecule has 2 aliphatic carbocycles. The number of alkyl carbamates (subject to hydrolysis) is 1. The number of carbonyl (C=O) groups is 3. The average molecular weight is 463 g/mol. The number of carboxylic acids is 1. The van der Waals surface area contributed by atoms with Crippen molar-refractivity contribution in [3.8, 4) is 11.1 Å². The molecule has 0 aromatic heterocycles. The number of hydrogen-bond acceptors (Lipinski definition) is 4. The first kappa shape index (κ1) is 22.4. The maximum atomic E-state index is 12.9. The number of hydrogen-bond donors (Lipinski definition) is 2. The molecule has 1 aliphatic heterocycles. The van der Waals surface area contributed by atoms with Gasteiger partial charge in [0.25, 0.3) is 0 Å². The van der Waals surface area contributed by atoms with E-state index >= 15 is 0 Å². The van der Waals surface area contributed by atoms with Crippen LogP contribution in [0.4, 0.5) is 4.79 Å². The van der Waals surface area contributed by atoms with Crippen molar-refractivity contribution in [2.75, 3.05) is 19.7 Å². The van der Waals surface area contributed by atoms with Crippen LogP contribution in [0.3, 0.4) is 0 Å². The van der Waals surface area contributed by atoms with Crippen molar-refractivity contribution in [1.82, 2.24) is 10.2 Å². The Balaban J connectivity index is 1.13. The number of carboxylic acid groups (broad SMARTS) is 1. The molecular weight excluding hydrogens is 432 g/mol. The topological polar surface area (TPSA) is 95.9 Å². The van der Waals surface area contributed by atoms with Crippen LogP contribution in [-0.2, 0) is 14.3 Å². The Hall–Kier alpha value is -3.35. The van der Waals surface area contributed by atoms with Crippen molar-refractivity contribution in [2.45, 2.75) is 38.1 Å². The third-order valence-corrected chi connectivity index (χ3v) is 7.48. The molecule has 2 N–H and O–H groups in total. The summed E-state index contributed by atoms with van der Waals surface area (Å²) in [5, 5.41) is 12.3. The van der Waals surface area contributed by atoms with E-state index in [9.17, 15) is 19.5 Å². The zero-order chi connectivity index (χ0) is 23.8. The average Bonchev–Trinajstić information content (AvgIpc) is 3.55. The van der Waals surface area contributed by atoms with E-state index in [2.05, 4.69) is 29.6 Å². The number of fused-ring (bicyclic) bond motifs is 3. The molecule has 0 radical (unpaired) electrons. The molecule has 0 spiro atoms. The van der Waals surface area contributed by atoms with Crippen molar-refractivity contribution in [2.24, 2.45) is 17.8 Å². The SMILES string of the molecule is CC1CCC(C(=O)O)N(C(=O)C2CC2CNC(=O)OCC2c3ccccc3-c3ccccc32)C1. The van der Waals surface area contributed by atoms with Gasteiger partial charge in [0.05, 0.1) is 0 Å². The molecule has 1 saturated heterocycles. The lowest BCUT2D eigenvalue weighted by Gasteiger charge is -2.36. The number of nitrogens with one attached hydrogen (secondary N) is 1. The van der Waals surface area contributed by atoms with Gasteiger partial charge in [-0.15, -0.1) is 0 Å². The minimum absolute atomic E-state index is 0.00226. The number of carbonyl (C=O) groups excluding carboxylic acids is 2. The molecule has 7 nitrogen and oxygen atoms in total. The summed E-state index contributed by atoms with van der Waals surface area (Å²) in [7, 11) is 0. The van der Waals surface area contributed by atoms with E-state index in [1.807, 2.05) is 31.2 Å². The van der Waals surface area contributed by atoms with E-state index in [4.69, 9.17) is 4.74 Å². The van der Waals surface area contributed by atoms with Crippen LogP contribution in [0.2, 0.25) is 0 Å². The van der Waals surface area contributed by atoms with E-state index in [-0.39, 0.29) is 30.3 Å². The summed E-state index contributed by atoms with van der Waals surface area (Å²) in [5.74, 6) is -0.925. The number of aliphatic carboxylic acids is 1. The van der Waals surface area contributed by atoms with Gasteiger partial charge in [-0.25, -0.2) is 9.59 Å². The highest BCUT2D eigenvalue weighted by molar-refractivity contribution is 5.87. The molecule has 1 heterocycles. The van der Waals surface area contributed by atoms with Gasteiger partial charge in [-0.2, -0.15) is 0 Å². The van der Waals surface area contributed by atoms with E-state index in [0.29, 0.717) is 31.8 Å². The van der Waals surface area contributed by atoms with E-state index in [0.717, 1.165) is 17.5 Å². The molecule has 2 aromatic carbocycles. The number of benzene rings is 2. The predicted octanol–water partition coefficient (Wildman–Crippen LogP) is 3.87. The quantitative estimate of drug-likeness (QED) is 0.679. The summed E-state index contributed by atoms with van der Waals surface area (Å²) in [6.07, 6.45) is 1.49. The lowest BCUT2D eigenvalue weighted by atomic mass is 9.93. The zero-order valence-corrected chi connectivity index (χ0v) is 19.3. The molecule has 0 bridgehead atoms. The van der Waals surface area contributed by atoms with Gasteiger partial charge < -0.3 is 20.1 Å². The normalized spacial score (nSPS) is 25.3. The largest absolute Gasteiger partial charge is 0.480 e. The molecule has 3 aliphatic rings. The van der Waals surface area contributed by atoms with Crippen molar-refractivity contribution >= 4 is 18.0 Å². The van der Waals surface area contributed by atoms with Crippen LogP contribution in [0.15, 0.2) is 48.5 Å². The molecule has 1 saturated carbocycles. The van der Waals surface area contributed by atoms with Gasteiger partial charge in [0.15, 0.2) is 0 Å². The molecule has 7 heteroatoms. The first-order valence-electron chi connectivity index (χ1n) is 12.1. The van der Waals surface area contributed by atoms with Gasteiger partial charge in [-0.3, -0.25) is 4.79 Å². The van der Waals surface area contributed by atoms with Crippen LogP contribution in [0, 0.1) is 17.8 Å². The number of rotatable bonds is 6. The molecule has 178 valence electrons. The number of nitrogens with zero attached hydrogens (tertiary/aromatic N) is 1. The Morgan fingerprint density at radius 2 is 1.68 bits per heavy atom. The second kappa shape index (κ2) is 9.12. The highest BCUT2D eigenvalue weighted by atomic mass is 16.5. The number of likely N-dealkylation sites (tertiary alicyclic amines) is 1. The van der Waals surface area contributed by atoms with E-state index in [1.165, 1.54) is 16.0 Å². The fourth-order valence-corrected chi connectivity index (χ4v) is 5.51. The molecule has 4 atom stereocenters. The third kappa shape index (κ3) is 4.27. The monoisotopic (exact) mass is 462 g/mol. The van der Waals surface area contributed by atoms with Crippen LogP contribution in [0.1, 0.15) is 43.2 Å². The highest BCUT2D eigenvalue weighted by Crippen LogP contribution is 2.44. The second-order valence-corrected chi connectivity index (χ2v) is 9.84. The van der Waals surface area contributed by atoms with Gasteiger partial charge in [0.2, 0.25) is 5.91 Å². The van der Waals surface area contributed by atoms with E-state index < -0.39 is 18.1 Å². The number of ether oxygens (including phenoxy) is 1. The zero-order valence-electron chi connectivity index (χ0n) is 19.3. The van der Waals surface area contributed by atoms with Crippen molar-refractivity contribution < 1.29 is 24.2 Å². The fraction of sp³-hybridized carbons (Fsp3) is 0.444. The van der Waals surface area contributed by atoms with Gasteiger partial charge in [0.1, 0.15) is 12.6 Å². The Labute approximate surface area is 199 Å². The molecule has 2 amide bonds. The Morgan fingerprint density at radius 1 is 1.03 bits per heavy atom. The van der Waals surface area contributed by atoms with Gasteiger partial charge in [-0.05, 0) is 53.4 Å². The van der Waals surface area contributed by atoms with Crippen LogP contribution in [0.25, 0.3) is 11.1 Å². The minimum atomic E-state index is -0.936. The Morgan fingerprint density at radius 3 is 2.32 bits per heavy atom. The van der Waals surface area contributed by atoms with Gasteiger partial charge in [-0.1, -0.05) is 55.5 Å². The van der Waals surface area contributed by atoms with Crippen molar-refractivity contribution in [1.29, 1.82) is 0 Å². The molecule has 5 rings (SSSR count). The maximum Gasteiger partial charge on any atom is 0.407 e. The number of amides is 2. The Bertz CT molecular complexity index is 1070. The Kier molecular flexibility index (Phi) is 6.02. The molecule has 34 heavy (non-hydrogen) atoms. The summed E-state index contributed by atoms with van der Waals surface area (Å²) in [6.45, 7) is 3.13. The molecular formula is C27H30N2O5. The second-order valence-electron chi connectivity index (χ2n) is 9.84. The highest BCUT2D eigenvalue weighted by Gasteiger charge is 2.48. The molecule has 2 aromatic rings. The lowest BCUT2D eigenvalue weighted by molar-refractivity contribution is -0.153. The third-order valence-electron chi connectivity index (χ3n) is 7.48. The number of piperidine rings is 1. The molecule has 4 unspecified atom stereocenters. The first-order valence-corrected chi connectivity index (χ1v) is 12.1. The lowest BCUT2D eigenvalue weighted by Crippen LogP contribution is -2.51. The van der Waals surface area contributed by atoms with Gasteiger partial charge >= 0.3 is 12.1 Å².